The number of hydrogen-bond donors (Lipinski definition) is 1. The molecule has 1 N–H and O–H groups in total. The Morgan fingerprint density at radius 1 is 1.30 bits per heavy atom. The van der Waals surface area contributed by atoms with Crippen molar-refractivity contribution in [1.29, 1.82) is 0 Å². The first kappa shape index (κ1) is 7.98. The first-order chi connectivity index (χ1) is 4.61. The van der Waals surface area contributed by atoms with Crippen molar-refractivity contribution in [3.05, 3.63) is 0 Å². The van der Waals surface area contributed by atoms with Gasteiger partial charge in [0.2, 0.25) is 0 Å². The van der Waals surface area contributed by atoms with Crippen molar-refractivity contribution >= 4 is 0 Å². The molecule has 0 amide bonds. The Morgan fingerprint density at radius 2 is 2.00 bits per heavy atom. The number of nitrogens with one attached hydrogen (secondary N) is 1. The van der Waals surface area contributed by atoms with E-state index >= 15 is 0 Å². The second kappa shape index (κ2) is 2.86. The van der Waals surface area contributed by atoms with Crippen LogP contribution in [0.4, 0.5) is 0 Å². The van der Waals surface area contributed by atoms with E-state index in [0.717, 1.165) is 11.3 Å². The Balaban J connectivity index is 2.39. The maximum absolute atomic E-state index is 3.35. The number of rotatable bonds is 1. The second-order valence-electron chi connectivity index (χ2n) is 3.68. The maximum atomic E-state index is 3.35. The number of hydrogen-bond acceptors (Lipinski definition) is 2. The Hall–Kier alpha value is -0.120. The van der Waals surface area contributed by atoms with E-state index in [9.17, 15) is 0 Å². The lowest BCUT2D eigenvalue weighted by Crippen LogP contribution is -2.57. The van der Waals surface area contributed by atoms with Gasteiger partial charge in [0.25, 0.3) is 0 Å². The van der Waals surface area contributed by atoms with Crippen molar-refractivity contribution in [2.24, 2.45) is 0 Å². The molecule has 0 unspecified atom stereocenters. The molecule has 1 aliphatic rings. The van der Waals surface area contributed by atoms with Gasteiger partial charge in [0.1, 0.15) is 0 Å². The molecular formula is C7H18N3+. The highest BCUT2D eigenvalue weighted by Crippen LogP contribution is 2.03. The van der Waals surface area contributed by atoms with Crippen molar-refractivity contribution in [1.82, 2.24) is 10.3 Å². The van der Waals surface area contributed by atoms with Gasteiger partial charge in [0, 0.05) is 0 Å². The average Bonchev–Trinajstić information content (AvgIpc) is 1.88. The molecule has 0 spiro atoms. The monoisotopic (exact) mass is 144 g/mol. The highest BCUT2D eigenvalue weighted by molar-refractivity contribution is 4.55. The van der Waals surface area contributed by atoms with Gasteiger partial charge in [0.15, 0.2) is 0 Å². The summed E-state index contributed by atoms with van der Waals surface area (Å²) in [5, 5.41) is 5.76. The fourth-order valence-electron chi connectivity index (χ4n) is 1.19. The lowest BCUT2D eigenvalue weighted by atomic mass is 10.3. The Labute approximate surface area is 63.2 Å². The van der Waals surface area contributed by atoms with Crippen LogP contribution in [0, 0.1) is 0 Å². The summed E-state index contributed by atoms with van der Waals surface area (Å²) in [7, 11) is 6.60. The zero-order valence-corrected chi connectivity index (χ0v) is 7.22. The minimum absolute atomic E-state index is 0.938. The van der Waals surface area contributed by atoms with Crippen LogP contribution in [0.25, 0.3) is 0 Å². The van der Waals surface area contributed by atoms with Gasteiger partial charge in [-0.15, -0.1) is 5.01 Å². The summed E-state index contributed by atoms with van der Waals surface area (Å²) >= 11 is 0. The summed E-state index contributed by atoms with van der Waals surface area (Å²) in [6, 6.07) is 0. The summed E-state index contributed by atoms with van der Waals surface area (Å²) < 4.78 is 0.938. The van der Waals surface area contributed by atoms with Crippen LogP contribution in [0.2, 0.25) is 0 Å². The minimum atomic E-state index is 0.938. The van der Waals surface area contributed by atoms with Gasteiger partial charge in [-0.25, -0.2) is 4.59 Å². The molecule has 0 aromatic heterocycles. The summed E-state index contributed by atoms with van der Waals surface area (Å²) in [4.78, 5) is 0. The lowest BCUT2D eigenvalue weighted by Gasteiger charge is -2.38. The van der Waals surface area contributed by atoms with Gasteiger partial charge in [0.05, 0.1) is 34.4 Å². The SMILES string of the molecule is C[N+](C)(C)N1CCCNC1. The molecule has 1 aliphatic heterocycles. The van der Waals surface area contributed by atoms with Gasteiger partial charge in [-0.05, 0) is 13.0 Å². The molecule has 3 heteroatoms. The van der Waals surface area contributed by atoms with Crippen LogP contribution in [0.3, 0.4) is 0 Å². The molecular weight excluding hydrogens is 126 g/mol. The van der Waals surface area contributed by atoms with E-state index in [1.54, 1.807) is 0 Å². The van der Waals surface area contributed by atoms with Crippen molar-refractivity contribution in [2.75, 3.05) is 40.9 Å². The van der Waals surface area contributed by atoms with Crippen LogP contribution in [0.1, 0.15) is 6.42 Å². The third kappa shape index (κ3) is 1.94. The van der Waals surface area contributed by atoms with Crippen LogP contribution >= 0.6 is 0 Å². The Kier molecular flexibility index (Phi) is 2.28. The molecule has 1 fully saturated rings. The zero-order valence-electron chi connectivity index (χ0n) is 7.22. The van der Waals surface area contributed by atoms with E-state index in [1.807, 2.05) is 0 Å². The van der Waals surface area contributed by atoms with Crippen molar-refractivity contribution in [3.8, 4) is 0 Å². The molecule has 0 aliphatic carbocycles. The molecule has 0 atom stereocenters. The van der Waals surface area contributed by atoms with Gasteiger partial charge in [-0.2, -0.15) is 0 Å². The first-order valence-electron chi connectivity index (χ1n) is 3.88. The van der Waals surface area contributed by atoms with Gasteiger partial charge in [-0.3, -0.25) is 0 Å². The summed E-state index contributed by atoms with van der Waals surface area (Å²) in [6.07, 6.45) is 1.27. The van der Waals surface area contributed by atoms with Crippen molar-refractivity contribution in [3.63, 3.8) is 0 Å². The normalized spacial score (nSPS) is 23.1. The van der Waals surface area contributed by atoms with Crippen molar-refractivity contribution in [2.45, 2.75) is 6.42 Å². The molecule has 10 heavy (non-hydrogen) atoms. The van der Waals surface area contributed by atoms with Crippen LogP contribution < -0.4 is 5.32 Å². The van der Waals surface area contributed by atoms with Gasteiger partial charge < -0.3 is 5.32 Å². The fraction of sp³-hybridized carbons (Fsp3) is 1.00. The summed E-state index contributed by atoms with van der Waals surface area (Å²) in [6.45, 7) is 3.43. The molecule has 0 bridgehead atoms. The van der Waals surface area contributed by atoms with E-state index in [1.165, 1.54) is 19.5 Å². The molecule has 0 aromatic carbocycles. The third-order valence-electron chi connectivity index (χ3n) is 1.91. The van der Waals surface area contributed by atoms with E-state index in [-0.39, 0.29) is 0 Å². The molecule has 60 valence electrons. The zero-order chi connectivity index (χ0) is 7.61. The van der Waals surface area contributed by atoms with E-state index in [4.69, 9.17) is 0 Å². The molecule has 1 heterocycles. The molecule has 3 nitrogen and oxygen atoms in total. The minimum Gasteiger partial charge on any atom is -0.300 e. The summed E-state index contributed by atoms with van der Waals surface area (Å²) in [5.74, 6) is 0. The summed E-state index contributed by atoms with van der Waals surface area (Å²) in [5.41, 5.74) is 0. The average molecular weight is 144 g/mol. The molecule has 0 radical (unpaired) electrons. The Morgan fingerprint density at radius 3 is 2.30 bits per heavy atom. The largest absolute Gasteiger partial charge is 0.300 e. The molecule has 1 rings (SSSR count). The molecule has 0 saturated carbocycles. The molecule has 0 aromatic rings. The van der Waals surface area contributed by atoms with Crippen LogP contribution in [0.5, 0.6) is 0 Å². The van der Waals surface area contributed by atoms with E-state index < -0.39 is 0 Å². The van der Waals surface area contributed by atoms with Crippen LogP contribution in [0.15, 0.2) is 0 Å². The van der Waals surface area contributed by atoms with Crippen LogP contribution in [-0.2, 0) is 0 Å². The second-order valence-corrected chi connectivity index (χ2v) is 3.68. The van der Waals surface area contributed by atoms with Gasteiger partial charge in [-0.1, -0.05) is 0 Å². The fourth-order valence-corrected chi connectivity index (χ4v) is 1.19. The van der Waals surface area contributed by atoms with E-state index in [0.29, 0.717) is 0 Å². The third-order valence-corrected chi connectivity index (χ3v) is 1.91. The topological polar surface area (TPSA) is 15.3 Å². The highest BCUT2D eigenvalue weighted by atomic mass is 15.7. The number of quaternary nitrogens is 1. The standard InChI is InChI=1S/C7H18N3/c1-10(2,3)9-6-4-5-8-7-9/h8H,4-7H2,1-3H3/q+1. The number of nitrogens with zero attached hydrogens (tertiary/aromatic N) is 2. The predicted octanol–water partition coefficient (Wildman–Crippen LogP) is -0.140. The maximum Gasteiger partial charge on any atom is 0.0969 e. The van der Waals surface area contributed by atoms with Crippen LogP contribution in [-0.4, -0.2) is 50.5 Å². The Bertz CT molecular complexity index is 99.9. The van der Waals surface area contributed by atoms with Gasteiger partial charge >= 0.3 is 0 Å². The van der Waals surface area contributed by atoms with Crippen molar-refractivity contribution < 1.29 is 4.59 Å². The van der Waals surface area contributed by atoms with E-state index in [2.05, 4.69) is 31.5 Å². The predicted molar refractivity (Wildman–Crippen MR) is 42.2 cm³/mol. The highest BCUT2D eigenvalue weighted by Gasteiger charge is 2.21. The molecule has 1 saturated heterocycles. The quantitative estimate of drug-likeness (QED) is 0.515. The smallest absolute Gasteiger partial charge is 0.0969 e. The first-order valence-corrected chi connectivity index (χ1v) is 3.88. The lowest BCUT2D eigenvalue weighted by molar-refractivity contribution is -0.988.